The monoisotopic (exact) mass is 590 g/mol. The minimum absolute atomic E-state index is 0.0149. The van der Waals surface area contributed by atoms with E-state index < -0.39 is 23.7 Å². The van der Waals surface area contributed by atoms with Gasteiger partial charge in [0.25, 0.3) is 5.78 Å². The topological polar surface area (TPSA) is 124 Å². The average molecular weight is 591 g/mol. The number of anilines is 1. The number of methoxy groups -OCH3 is 1. The number of aryl methyl sites for hydroxylation is 1. The first-order valence-electron chi connectivity index (χ1n) is 13.4. The quantitative estimate of drug-likeness (QED) is 0.118. The number of aliphatic hydroxyl groups is 1. The molecule has 3 aromatic rings. The number of aliphatic hydroxyl groups excluding tert-OH is 1. The van der Waals surface area contributed by atoms with Crippen LogP contribution in [0.2, 0.25) is 0 Å². The minimum atomic E-state index is -1.09. The zero-order valence-electron chi connectivity index (χ0n) is 23.6. The number of hydrogen-bond acceptors (Lipinski definition) is 10. The second kappa shape index (κ2) is 11.7. The van der Waals surface area contributed by atoms with Crippen LogP contribution in [0.1, 0.15) is 51.9 Å². The lowest BCUT2D eigenvalue weighted by Gasteiger charge is -2.24. The van der Waals surface area contributed by atoms with E-state index in [1.165, 1.54) is 12.0 Å². The molecule has 0 radical (unpaired) electrons. The number of esters is 1. The lowest BCUT2D eigenvalue weighted by Crippen LogP contribution is -2.29. The molecule has 0 spiro atoms. The molecule has 2 aliphatic heterocycles. The maximum Gasteiger partial charge on any atom is 0.350 e. The summed E-state index contributed by atoms with van der Waals surface area (Å²) >= 11 is 0.928. The number of amides is 1. The van der Waals surface area contributed by atoms with Gasteiger partial charge in [0, 0.05) is 12.0 Å². The Labute approximate surface area is 246 Å². The molecule has 3 heterocycles. The standard InChI is InChI=1S/C31H30N2O8S/c1-6-12-40-22-11-8-18(15-23(22)39-7-2)25-24(26(34)19-9-10-21-20(14-19)13-16(3)41-21)27(35)29(36)33(25)31-32-17(4)28(42-31)30(37)38-5/h6,8-11,14-16,25,34H,1,7,12-13H2,2-5H3/b26-24+/t16-,25+/m0/s1. The highest BCUT2D eigenvalue weighted by molar-refractivity contribution is 7.17. The Hall–Kier alpha value is -4.64. The lowest BCUT2D eigenvalue weighted by molar-refractivity contribution is -0.132. The summed E-state index contributed by atoms with van der Waals surface area (Å²) < 4.78 is 22.2. The number of benzene rings is 2. The Morgan fingerprint density at radius 1 is 1.21 bits per heavy atom. The average Bonchev–Trinajstić information content (AvgIpc) is 3.63. The first kappa shape index (κ1) is 28.9. The molecule has 2 aromatic carbocycles. The first-order chi connectivity index (χ1) is 20.2. The first-order valence-corrected chi connectivity index (χ1v) is 14.2. The number of thiazole rings is 1. The van der Waals surface area contributed by atoms with Crippen molar-refractivity contribution in [2.24, 2.45) is 0 Å². The molecule has 10 nitrogen and oxygen atoms in total. The predicted molar refractivity (Wildman–Crippen MR) is 157 cm³/mol. The molecule has 1 saturated heterocycles. The predicted octanol–water partition coefficient (Wildman–Crippen LogP) is 5.15. The van der Waals surface area contributed by atoms with Crippen LogP contribution in [0.3, 0.4) is 0 Å². The molecule has 0 bridgehead atoms. The number of fused-ring (bicyclic) bond motifs is 1. The van der Waals surface area contributed by atoms with Crippen molar-refractivity contribution in [1.29, 1.82) is 0 Å². The van der Waals surface area contributed by atoms with Gasteiger partial charge < -0.3 is 24.1 Å². The lowest BCUT2D eigenvalue weighted by atomic mass is 9.94. The molecule has 2 aliphatic rings. The third kappa shape index (κ3) is 5.11. The Balaban J connectivity index is 1.70. The minimum Gasteiger partial charge on any atom is -0.507 e. The molecule has 218 valence electrons. The van der Waals surface area contributed by atoms with Crippen LogP contribution in [0, 0.1) is 6.92 Å². The number of carbonyl (C=O) groups is 3. The van der Waals surface area contributed by atoms with Crippen LogP contribution in [0.25, 0.3) is 5.76 Å². The molecule has 42 heavy (non-hydrogen) atoms. The van der Waals surface area contributed by atoms with Gasteiger partial charge in [0.15, 0.2) is 16.6 Å². The van der Waals surface area contributed by atoms with E-state index in [1.54, 1.807) is 49.4 Å². The summed E-state index contributed by atoms with van der Waals surface area (Å²) in [6.45, 7) is 9.63. The third-order valence-electron chi connectivity index (χ3n) is 6.92. The highest BCUT2D eigenvalue weighted by Crippen LogP contribution is 2.46. The zero-order chi connectivity index (χ0) is 30.1. The molecular formula is C31H30N2O8S. The summed E-state index contributed by atoms with van der Waals surface area (Å²) in [4.78, 5) is 45.5. The highest BCUT2D eigenvalue weighted by Gasteiger charge is 2.48. The van der Waals surface area contributed by atoms with Crippen molar-refractivity contribution in [1.82, 2.24) is 4.98 Å². The maximum atomic E-state index is 13.7. The summed E-state index contributed by atoms with van der Waals surface area (Å²) in [5.41, 5.74) is 1.95. The van der Waals surface area contributed by atoms with Crippen LogP contribution in [-0.2, 0) is 20.7 Å². The number of ether oxygens (including phenoxy) is 4. The number of nitrogens with zero attached hydrogens (tertiary/aromatic N) is 2. The van der Waals surface area contributed by atoms with Crippen LogP contribution < -0.4 is 19.1 Å². The van der Waals surface area contributed by atoms with E-state index in [9.17, 15) is 19.5 Å². The van der Waals surface area contributed by atoms with Gasteiger partial charge >= 0.3 is 11.9 Å². The number of carbonyl (C=O) groups excluding carboxylic acids is 3. The van der Waals surface area contributed by atoms with Crippen LogP contribution in [0.15, 0.2) is 54.6 Å². The number of ketones is 1. The smallest absolute Gasteiger partial charge is 0.350 e. The molecule has 2 atom stereocenters. The number of rotatable bonds is 9. The van der Waals surface area contributed by atoms with Crippen LogP contribution in [0.5, 0.6) is 17.2 Å². The van der Waals surface area contributed by atoms with Gasteiger partial charge in [-0.05, 0) is 62.2 Å². The van der Waals surface area contributed by atoms with E-state index in [-0.39, 0.29) is 34.1 Å². The molecule has 1 N–H and O–H groups in total. The van der Waals surface area contributed by atoms with Gasteiger partial charge in [0.05, 0.1) is 31.0 Å². The summed E-state index contributed by atoms with van der Waals surface area (Å²) in [5, 5.41) is 11.7. The van der Waals surface area contributed by atoms with Gasteiger partial charge in [-0.25, -0.2) is 9.78 Å². The van der Waals surface area contributed by atoms with E-state index in [4.69, 9.17) is 18.9 Å². The van der Waals surface area contributed by atoms with Gasteiger partial charge in [-0.2, -0.15) is 0 Å². The van der Waals surface area contributed by atoms with Gasteiger partial charge in [-0.3, -0.25) is 14.5 Å². The molecule has 0 unspecified atom stereocenters. The van der Waals surface area contributed by atoms with Gasteiger partial charge in [-0.1, -0.05) is 30.1 Å². The Morgan fingerprint density at radius 2 is 2.00 bits per heavy atom. The van der Waals surface area contributed by atoms with E-state index in [0.29, 0.717) is 47.1 Å². The Kier molecular flexibility index (Phi) is 8.04. The number of hydrogen-bond donors (Lipinski definition) is 1. The molecule has 11 heteroatoms. The molecule has 0 saturated carbocycles. The zero-order valence-corrected chi connectivity index (χ0v) is 24.4. The SMILES string of the molecule is C=CCOc1ccc([C@@H]2/C(=C(\O)c3ccc4c(c3)C[C@H](C)O4)C(=O)C(=O)N2c2nc(C)c(C(=O)OC)s2)cc1OCC. The summed E-state index contributed by atoms with van der Waals surface area (Å²) in [7, 11) is 1.25. The molecule has 1 amide bonds. The van der Waals surface area contributed by atoms with Crippen molar-refractivity contribution in [2.45, 2.75) is 39.3 Å². The van der Waals surface area contributed by atoms with Crippen LogP contribution in [-0.4, -0.2) is 54.2 Å². The van der Waals surface area contributed by atoms with Gasteiger partial charge in [0.1, 0.15) is 29.1 Å². The van der Waals surface area contributed by atoms with Gasteiger partial charge in [-0.15, -0.1) is 0 Å². The van der Waals surface area contributed by atoms with Crippen LogP contribution in [0.4, 0.5) is 5.13 Å². The van der Waals surface area contributed by atoms with Crippen molar-refractivity contribution < 1.29 is 38.4 Å². The third-order valence-corrected chi connectivity index (χ3v) is 8.05. The molecular weight excluding hydrogens is 560 g/mol. The number of aromatic nitrogens is 1. The fraction of sp³-hybridized carbons (Fsp3) is 0.290. The van der Waals surface area contributed by atoms with E-state index in [0.717, 1.165) is 16.9 Å². The number of Topliss-reactive ketones (excluding diaryl/α,β-unsaturated/α-hetero) is 1. The second-order valence-corrected chi connectivity index (χ2v) is 10.7. The van der Waals surface area contributed by atoms with E-state index in [1.807, 2.05) is 13.8 Å². The van der Waals surface area contributed by atoms with Crippen molar-refractivity contribution in [3.63, 3.8) is 0 Å². The summed E-state index contributed by atoms with van der Waals surface area (Å²) in [5.74, 6) is -1.19. The normalized spacial score (nSPS) is 18.9. The van der Waals surface area contributed by atoms with Crippen molar-refractivity contribution in [3.05, 3.63) is 81.9 Å². The van der Waals surface area contributed by atoms with Crippen molar-refractivity contribution in [2.75, 3.05) is 25.2 Å². The second-order valence-electron chi connectivity index (χ2n) is 9.77. The molecule has 0 aliphatic carbocycles. The summed E-state index contributed by atoms with van der Waals surface area (Å²) in [6.07, 6.45) is 2.23. The largest absolute Gasteiger partial charge is 0.507 e. The highest BCUT2D eigenvalue weighted by atomic mass is 32.1. The van der Waals surface area contributed by atoms with Crippen molar-refractivity contribution >= 4 is 39.9 Å². The Morgan fingerprint density at radius 3 is 2.71 bits per heavy atom. The van der Waals surface area contributed by atoms with Crippen LogP contribution >= 0.6 is 11.3 Å². The van der Waals surface area contributed by atoms with E-state index >= 15 is 0 Å². The Bertz CT molecular complexity index is 1620. The van der Waals surface area contributed by atoms with Crippen molar-refractivity contribution in [3.8, 4) is 17.2 Å². The summed E-state index contributed by atoms with van der Waals surface area (Å²) in [6, 6.07) is 9.10. The molecule has 5 rings (SSSR count). The van der Waals surface area contributed by atoms with E-state index in [2.05, 4.69) is 11.6 Å². The maximum absolute atomic E-state index is 13.7. The fourth-order valence-electron chi connectivity index (χ4n) is 5.07. The fourth-order valence-corrected chi connectivity index (χ4v) is 6.08. The molecule has 1 fully saturated rings. The van der Waals surface area contributed by atoms with Gasteiger partial charge in [0.2, 0.25) is 0 Å². The molecule has 1 aromatic heterocycles.